The maximum absolute atomic E-state index is 12.0. The maximum Gasteiger partial charge on any atom is 0.323 e. The summed E-state index contributed by atoms with van der Waals surface area (Å²) in [5.74, 6) is 1.09. The van der Waals surface area contributed by atoms with Gasteiger partial charge >= 0.3 is 6.03 Å². The van der Waals surface area contributed by atoms with Gasteiger partial charge in [-0.3, -0.25) is 0 Å². The molecular formula is C15H14Cl2N2O3. The average molecular weight is 341 g/mol. The monoisotopic (exact) mass is 340 g/mol. The van der Waals surface area contributed by atoms with Gasteiger partial charge in [-0.05, 0) is 30.3 Å². The Kier molecular flexibility index (Phi) is 5.35. The lowest BCUT2D eigenvalue weighted by molar-refractivity contribution is 0.262. The Hall–Kier alpha value is -2.11. The molecule has 0 atom stereocenters. The number of urea groups is 1. The first-order chi connectivity index (χ1) is 10.5. The summed E-state index contributed by atoms with van der Waals surface area (Å²) in [5.41, 5.74) is 0.973. The molecule has 0 fully saturated rings. The third kappa shape index (κ3) is 3.96. The standard InChI is InChI=1S/C15H14Cl2N2O3/c1-21-13-6-4-10(8-14(13)22-2)18-15(20)19-12-7-9(16)3-5-11(12)17/h3-8H,1-2H3,(H2,18,19,20). The van der Waals surface area contributed by atoms with E-state index >= 15 is 0 Å². The van der Waals surface area contributed by atoms with Crippen molar-refractivity contribution in [3.05, 3.63) is 46.4 Å². The van der Waals surface area contributed by atoms with Gasteiger partial charge in [0.25, 0.3) is 0 Å². The first-order valence-electron chi connectivity index (χ1n) is 6.28. The molecule has 116 valence electrons. The third-order valence-corrected chi connectivity index (χ3v) is 3.38. The lowest BCUT2D eigenvalue weighted by Gasteiger charge is -2.12. The molecule has 0 spiro atoms. The molecule has 0 saturated carbocycles. The van der Waals surface area contributed by atoms with Crippen LogP contribution in [-0.4, -0.2) is 20.3 Å². The lowest BCUT2D eigenvalue weighted by atomic mass is 10.2. The highest BCUT2D eigenvalue weighted by Gasteiger charge is 2.09. The van der Waals surface area contributed by atoms with Crippen molar-refractivity contribution in [2.24, 2.45) is 0 Å². The van der Waals surface area contributed by atoms with Crippen LogP contribution in [0.1, 0.15) is 0 Å². The molecule has 0 aliphatic heterocycles. The summed E-state index contributed by atoms with van der Waals surface area (Å²) < 4.78 is 10.3. The van der Waals surface area contributed by atoms with Crippen molar-refractivity contribution < 1.29 is 14.3 Å². The van der Waals surface area contributed by atoms with Crippen LogP contribution in [0.25, 0.3) is 0 Å². The van der Waals surface area contributed by atoms with E-state index in [1.807, 2.05) is 0 Å². The molecular weight excluding hydrogens is 327 g/mol. The van der Waals surface area contributed by atoms with E-state index in [-0.39, 0.29) is 0 Å². The third-order valence-electron chi connectivity index (χ3n) is 2.82. The van der Waals surface area contributed by atoms with Crippen molar-refractivity contribution in [2.45, 2.75) is 0 Å². The Labute approximate surface area is 138 Å². The summed E-state index contributed by atoms with van der Waals surface area (Å²) in [4.78, 5) is 12.0. The van der Waals surface area contributed by atoms with E-state index in [1.54, 1.807) is 43.5 Å². The molecule has 22 heavy (non-hydrogen) atoms. The highest BCUT2D eigenvalue weighted by atomic mass is 35.5. The van der Waals surface area contributed by atoms with E-state index in [2.05, 4.69) is 10.6 Å². The van der Waals surface area contributed by atoms with Gasteiger partial charge in [-0.25, -0.2) is 4.79 Å². The van der Waals surface area contributed by atoms with E-state index in [0.29, 0.717) is 32.9 Å². The molecule has 0 radical (unpaired) electrons. The molecule has 2 amide bonds. The first kappa shape index (κ1) is 16.3. The second-order valence-corrected chi connectivity index (χ2v) is 5.12. The predicted molar refractivity (Wildman–Crippen MR) is 88.6 cm³/mol. The van der Waals surface area contributed by atoms with Gasteiger partial charge in [-0.15, -0.1) is 0 Å². The zero-order valence-electron chi connectivity index (χ0n) is 11.9. The number of carbonyl (C=O) groups excluding carboxylic acids is 1. The highest BCUT2D eigenvalue weighted by Crippen LogP contribution is 2.30. The number of methoxy groups -OCH3 is 2. The van der Waals surface area contributed by atoms with Crippen LogP contribution in [0, 0.1) is 0 Å². The number of halogens is 2. The van der Waals surface area contributed by atoms with Crippen LogP contribution in [0.4, 0.5) is 16.2 Å². The second-order valence-electron chi connectivity index (χ2n) is 4.27. The number of hydrogen-bond acceptors (Lipinski definition) is 3. The highest BCUT2D eigenvalue weighted by molar-refractivity contribution is 6.35. The number of carbonyl (C=O) groups is 1. The number of hydrogen-bond donors (Lipinski definition) is 2. The lowest BCUT2D eigenvalue weighted by Crippen LogP contribution is -2.19. The van der Waals surface area contributed by atoms with Gasteiger partial charge < -0.3 is 20.1 Å². The Morgan fingerprint density at radius 3 is 2.36 bits per heavy atom. The maximum atomic E-state index is 12.0. The average Bonchev–Trinajstić information content (AvgIpc) is 2.50. The summed E-state index contributed by atoms with van der Waals surface area (Å²) in [6.07, 6.45) is 0. The molecule has 0 aromatic heterocycles. The van der Waals surface area contributed by atoms with Crippen LogP contribution in [-0.2, 0) is 0 Å². The molecule has 7 heteroatoms. The van der Waals surface area contributed by atoms with Gasteiger partial charge in [0.05, 0.1) is 24.9 Å². The normalized spacial score (nSPS) is 10.0. The quantitative estimate of drug-likeness (QED) is 0.851. The first-order valence-corrected chi connectivity index (χ1v) is 7.04. The van der Waals surface area contributed by atoms with Crippen molar-refractivity contribution in [1.82, 2.24) is 0 Å². The van der Waals surface area contributed by atoms with Crippen LogP contribution in [0.3, 0.4) is 0 Å². The van der Waals surface area contributed by atoms with Gasteiger partial charge in [0.1, 0.15) is 0 Å². The number of benzene rings is 2. The number of ether oxygens (including phenoxy) is 2. The number of amides is 2. The number of nitrogens with one attached hydrogen (secondary N) is 2. The van der Waals surface area contributed by atoms with Crippen LogP contribution < -0.4 is 20.1 Å². The van der Waals surface area contributed by atoms with Crippen molar-refractivity contribution in [1.29, 1.82) is 0 Å². The van der Waals surface area contributed by atoms with Crippen molar-refractivity contribution >= 4 is 40.6 Å². The number of rotatable bonds is 4. The zero-order chi connectivity index (χ0) is 16.1. The van der Waals surface area contributed by atoms with Crippen LogP contribution >= 0.6 is 23.2 Å². The van der Waals surface area contributed by atoms with Crippen molar-refractivity contribution in [3.8, 4) is 11.5 Å². The smallest absolute Gasteiger partial charge is 0.323 e. The van der Waals surface area contributed by atoms with Gasteiger partial charge in [-0.2, -0.15) is 0 Å². The SMILES string of the molecule is COc1ccc(NC(=O)Nc2cc(Cl)ccc2Cl)cc1OC. The summed E-state index contributed by atoms with van der Waals surface area (Å²) >= 11 is 11.9. The molecule has 0 aliphatic rings. The largest absolute Gasteiger partial charge is 0.493 e. The van der Waals surface area contributed by atoms with E-state index < -0.39 is 6.03 Å². The molecule has 0 aliphatic carbocycles. The minimum atomic E-state index is -0.448. The number of anilines is 2. The summed E-state index contributed by atoms with van der Waals surface area (Å²) in [7, 11) is 3.06. The van der Waals surface area contributed by atoms with Crippen molar-refractivity contribution in [3.63, 3.8) is 0 Å². The van der Waals surface area contributed by atoms with Gasteiger partial charge in [0.2, 0.25) is 0 Å². The van der Waals surface area contributed by atoms with E-state index in [1.165, 1.54) is 7.11 Å². The summed E-state index contributed by atoms with van der Waals surface area (Å²) in [5, 5.41) is 6.18. The van der Waals surface area contributed by atoms with Gasteiger partial charge in [0.15, 0.2) is 11.5 Å². The zero-order valence-corrected chi connectivity index (χ0v) is 13.5. The Bertz CT molecular complexity index is 692. The van der Waals surface area contributed by atoms with Crippen LogP contribution in [0.15, 0.2) is 36.4 Å². The van der Waals surface area contributed by atoms with E-state index in [0.717, 1.165) is 0 Å². The van der Waals surface area contributed by atoms with E-state index in [4.69, 9.17) is 32.7 Å². The summed E-state index contributed by atoms with van der Waals surface area (Å²) in [6, 6.07) is 9.41. The molecule has 0 heterocycles. The molecule has 5 nitrogen and oxygen atoms in total. The Morgan fingerprint density at radius 1 is 0.955 bits per heavy atom. The fourth-order valence-electron chi connectivity index (χ4n) is 1.79. The van der Waals surface area contributed by atoms with E-state index in [9.17, 15) is 4.79 Å². The Morgan fingerprint density at radius 2 is 1.68 bits per heavy atom. The molecule has 2 aromatic rings. The topological polar surface area (TPSA) is 59.6 Å². The fourth-order valence-corrected chi connectivity index (χ4v) is 2.13. The van der Waals surface area contributed by atoms with Crippen LogP contribution in [0.2, 0.25) is 10.0 Å². The molecule has 0 saturated heterocycles. The molecule has 2 aromatic carbocycles. The molecule has 2 N–H and O–H groups in total. The second kappa shape index (κ2) is 7.24. The fraction of sp³-hybridized carbons (Fsp3) is 0.133. The minimum absolute atomic E-state index is 0.395. The molecule has 0 unspecified atom stereocenters. The molecule has 0 bridgehead atoms. The van der Waals surface area contributed by atoms with Crippen molar-refractivity contribution in [2.75, 3.05) is 24.9 Å². The van der Waals surface area contributed by atoms with Crippen LogP contribution in [0.5, 0.6) is 11.5 Å². The Balaban J connectivity index is 2.10. The summed E-state index contributed by atoms with van der Waals surface area (Å²) in [6.45, 7) is 0. The van der Waals surface area contributed by atoms with Gasteiger partial charge in [-0.1, -0.05) is 23.2 Å². The molecule has 2 rings (SSSR count). The minimum Gasteiger partial charge on any atom is -0.493 e. The van der Waals surface area contributed by atoms with Gasteiger partial charge in [0, 0.05) is 16.8 Å². The predicted octanol–water partition coefficient (Wildman–Crippen LogP) is 4.65.